The van der Waals surface area contributed by atoms with Gasteiger partial charge in [-0.2, -0.15) is 0 Å². The molecule has 1 aliphatic heterocycles. The zero-order valence-corrected chi connectivity index (χ0v) is 17.4. The molecule has 8 nitrogen and oxygen atoms in total. The lowest BCUT2D eigenvalue weighted by atomic mass is 10.1. The van der Waals surface area contributed by atoms with Crippen LogP contribution in [0.25, 0.3) is 0 Å². The third-order valence-electron chi connectivity index (χ3n) is 5.08. The summed E-state index contributed by atoms with van der Waals surface area (Å²) in [5, 5.41) is 2.74. The quantitative estimate of drug-likeness (QED) is 0.686. The van der Waals surface area contributed by atoms with E-state index in [1.807, 2.05) is 25.1 Å². The van der Waals surface area contributed by atoms with Crippen LogP contribution >= 0.6 is 0 Å². The Morgan fingerprint density at radius 3 is 2.48 bits per heavy atom. The number of esters is 2. The average molecular weight is 424 g/mol. The van der Waals surface area contributed by atoms with Crippen LogP contribution in [0.2, 0.25) is 0 Å². The summed E-state index contributed by atoms with van der Waals surface area (Å²) in [6.45, 7) is 1.71. The number of nitrogens with zero attached hydrogens (tertiary/aromatic N) is 1. The number of para-hydroxylation sites is 1. The van der Waals surface area contributed by atoms with Gasteiger partial charge < -0.3 is 19.7 Å². The minimum absolute atomic E-state index is 0.00211. The molecule has 31 heavy (non-hydrogen) atoms. The molecule has 0 saturated carbocycles. The highest BCUT2D eigenvalue weighted by atomic mass is 16.5. The highest BCUT2D eigenvalue weighted by molar-refractivity contribution is 6.00. The maximum atomic E-state index is 12.4. The van der Waals surface area contributed by atoms with Crippen LogP contribution in [0.15, 0.2) is 48.5 Å². The Balaban J connectivity index is 1.54. The molecule has 162 valence electrons. The van der Waals surface area contributed by atoms with Gasteiger partial charge in [0.15, 0.2) is 6.61 Å². The Kier molecular flexibility index (Phi) is 7.02. The van der Waals surface area contributed by atoms with E-state index in [2.05, 4.69) is 10.1 Å². The first-order valence-corrected chi connectivity index (χ1v) is 9.96. The van der Waals surface area contributed by atoms with Gasteiger partial charge in [-0.05, 0) is 42.3 Å². The molecule has 1 aliphatic rings. The van der Waals surface area contributed by atoms with Gasteiger partial charge in [-0.25, -0.2) is 4.79 Å². The summed E-state index contributed by atoms with van der Waals surface area (Å²) in [6, 6.07) is 13.8. The summed E-state index contributed by atoms with van der Waals surface area (Å²) in [5.74, 6) is -2.40. The van der Waals surface area contributed by atoms with E-state index in [1.165, 1.54) is 12.0 Å². The van der Waals surface area contributed by atoms with E-state index >= 15 is 0 Å². The normalized spacial score (nSPS) is 15.5. The minimum atomic E-state index is -0.663. The molecule has 0 bridgehead atoms. The SMILES string of the molecule is CCc1ccccc1NC(=O)COC(=O)C1CC(=O)N(c2ccc(C(=O)OC)cc2)C1. The fourth-order valence-corrected chi connectivity index (χ4v) is 3.40. The summed E-state index contributed by atoms with van der Waals surface area (Å²) < 4.78 is 9.79. The smallest absolute Gasteiger partial charge is 0.337 e. The number of carbonyl (C=O) groups excluding carboxylic acids is 4. The van der Waals surface area contributed by atoms with Crippen LogP contribution in [0.3, 0.4) is 0 Å². The predicted octanol–water partition coefficient (Wildman–Crippen LogP) is 2.57. The van der Waals surface area contributed by atoms with E-state index in [9.17, 15) is 19.2 Å². The van der Waals surface area contributed by atoms with Crippen molar-refractivity contribution in [1.29, 1.82) is 0 Å². The number of hydrogen-bond donors (Lipinski definition) is 1. The summed E-state index contributed by atoms with van der Waals surface area (Å²) >= 11 is 0. The molecule has 1 unspecified atom stereocenters. The van der Waals surface area contributed by atoms with E-state index in [1.54, 1.807) is 30.3 Å². The van der Waals surface area contributed by atoms with Crippen molar-refractivity contribution < 1.29 is 28.7 Å². The van der Waals surface area contributed by atoms with E-state index in [0.29, 0.717) is 16.9 Å². The number of anilines is 2. The maximum absolute atomic E-state index is 12.4. The Labute approximate surface area is 180 Å². The number of benzene rings is 2. The van der Waals surface area contributed by atoms with Crippen molar-refractivity contribution in [2.45, 2.75) is 19.8 Å². The van der Waals surface area contributed by atoms with Crippen molar-refractivity contribution >= 4 is 35.1 Å². The molecule has 0 aliphatic carbocycles. The number of hydrogen-bond acceptors (Lipinski definition) is 6. The molecule has 0 spiro atoms. The molecule has 1 heterocycles. The summed E-state index contributed by atoms with van der Waals surface area (Å²) in [6.07, 6.45) is 0.759. The van der Waals surface area contributed by atoms with Gasteiger partial charge in [0.1, 0.15) is 0 Å². The second-order valence-electron chi connectivity index (χ2n) is 7.11. The number of rotatable bonds is 7. The third kappa shape index (κ3) is 5.28. The fraction of sp³-hybridized carbons (Fsp3) is 0.304. The second-order valence-corrected chi connectivity index (χ2v) is 7.11. The van der Waals surface area contributed by atoms with Crippen molar-refractivity contribution in [1.82, 2.24) is 0 Å². The Morgan fingerprint density at radius 1 is 1.10 bits per heavy atom. The van der Waals surface area contributed by atoms with E-state index in [-0.39, 0.29) is 18.9 Å². The van der Waals surface area contributed by atoms with Gasteiger partial charge in [0, 0.05) is 24.3 Å². The first-order chi connectivity index (χ1) is 14.9. The van der Waals surface area contributed by atoms with Crippen LogP contribution in [0.5, 0.6) is 0 Å². The number of amides is 2. The highest BCUT2D eigenvalue weighted by Crippen LogP contribution is 2.26. The van der Waals surface area contributed by atoms with Gasteiger partial charge in [0.05, 0.1) is 18.6 Å². The lowest BCUT2D eigenvalue weighted by molar-refractivity contribution is -0.151. The fourth-order valence-electron chi connectivity index (χ4n) is 3.40. The zero-order valence-electron chi connectivity index (χ0n) is 17.4. The monoisotopic (exact) mass is 424 g/mol. The Morgan fingerprint density at radius 2 is 1.81 bits per heavy atom. The van der Waals surface area contributed by atoms with Gasteiger partial charge in [0.25, 0.3) is 5.91 Å². The van der Waals surface area contributed by atoms with Crippen LogP contribution in [0, 0.1) is 5.92 Å². The van der Waals surface area contributed by atoms with Crippen molar-refractivity contribution in [3.05, 3.63) is 59.7 Å². The lowest BCUT2D eigenvalue weighted by Crippen LogP contribution is -2.28. The summed E-state index contributed by atoms with van der Waals surface area (Å²) in [5.41, 5.74) is 2.60. The largest absolute Gasteiger partial charge is 0.465 e. The van der Waals surface area contributed by atoms with Crippen LogP contribution in [-0.4, -0.2) is 44.0 Å². The molecule has 2 aromatic rings. The van der Waals surface area contributed by atoms with Crippen molar-refractivity contribution in [3.63, 3.8) is 0 Å². The van der Waals surface area contributed by atoms with Crippen LogP contribution in [0.4, 0.5) is 11.4 Å². The van der Waals surface area contributed by atoms with Gasteiger partial charge in [-0.3, -0.25) is 14.4 Å². The Bertz CT molecular complexity index is 986. The van der Waals surface area contributed by atoms with Crippen LogP contribution < -0.4 is 10.2 Å². The predicted molar refractivity (Wildman–Crippen MR) is 114 cm³/mol. The molecule has 1 fully saturated rings. The van der Waals surface area contributed by atoms with Gasteiger partial charge in [0.2, 0.25) is 5.91 Å². The van der Waals surface area contributed by atoms with Crippen molar-refractivity contribution in [3.8, 4) is 0 Å². The standard InChI is InChI=1S/C23H24N2O6/c1-3-15-6-4-5-7-19(15)24-20(26)14-31-23(29)17-12-21(27)25(13-17)18-10-8-16(9-11-18)22(28)30-2/h4-11,17H,3,12-14H2,1-2H3,(H,24,26). The van der Waals surface area contributed by atoms with Gasteiger partial charge >= 0.3 is 11.9 Å². The van der Waals surface area contributed by atoms with Gasteiger partial charge in [-0.1, -0.05) is 25.1 Å². The number of aryl methyl sites for hydroxylation is 1. The zero-order chi connectivity index (χ0) is 22.4. The van der Waals surface area contributed by atoms with Crippen LogP contribution in [0.1, 0.15) is 29.3 Å². The molecule has 8 heteroatoms. The van der Waals surface area contributed by atoms with Crippen molar-refractivity contribution in [2.24, 2.45) is 5.92 Å². The first-order valence-electron chi connectivity index (χ1n) is 9.96. The van der Waals surface area contributed by atoms with Crippen LogP contribution in [-0.2, 0) is 30.3 Å². The molecule has 2 amide bonds. The summed E-state index contributed by atoms with van der Waals surface area (Å²) in [4.78, 5) is 49.9. The number of ether oxygens (including phenoxy) is 2. The average Bonchev–Trinajstić information content (AvgIpc) is 3.19. The minimum Gasteiger partial charge on any atom is -0.465 e. The molecule has 1 atom stereocenters. The summed E-state index contributed by atoms with van der Waals surface area (Å²) in [7, 11) is 1.29. The number of carbonyl (C=O) groups is 4. The van der Waals surface area contributed by atoms with E-state index in [0.717, 1.165) is 12.0 Å². The molecule has 1 saturated heterocycles. The lowest BCUT2D eigenvalue weighted by Gasteiger charge is -2.17. The molecule has 3 rings (SSSR count). The maximum Gasteiger partial charge on any atom is 0.337 e. The molecule has 0 radical (unpaired) electrons. The molecule has 1 N–H and O–H groups in total. The third-order valence-corrected chi connectivity index (χ3v) is 5.08. The highest BCUT2D eigenvalue weighted by Gasteiger charge is 2.36. The van der Waals surface area contributed by atoms with E-state index in [4.69, 9.17) is 4.74 Å². The van der Waals surface area contributed by atoms with Gasteiger partial charge in [-0.15, -0.1) is 0 Å². The van der Waals surface area contributed by atoms with Crippen molar-refractivity contribution in [2.75, 3.05) is 30.5 Å². The first kappa shape index (κ1) is 22.0. The number of methoxy groups -OCH3 is 1. The molecule has 2 aromatic carbocycles. The molecular weight excluding hydrogens is 400 g/mol. The second kappa shape index (κ2) is 9.88. The molecule has 0 aromatic heterocycles. The topological polar surface area (TPSA) is 102 Å². The molecular formula is C23H24N2O6. The number of nitrogens with one attached hydrogen (secondary N) is 1. The van der Waals surface area contributed by atoms with E-state index < -0.39 is 30.4 Å². The Hall–Kier alpha value is -3.68.